The summed E-state index contributed by atoms with van der Waals surface area (Å²) in [5.41, 5.74) is 6.40. The SMILES string of the molecule is CC1(C)SCCC1CC1(N)CC1. The standard InChI is InChI=1S/C10H19NS/c1-9(2)8(3-6-12-9)7-10(11)4-5-10/h8H,3-7,11H2,1-2H3. The Morgan fingerprint density at radius 1 is 1.42 bits per heavy atom. The molecule has 1 saturated carbocycles. The molecule has 0 radical (unpaired) electrons. The normalized spacial score (nSPS) is 36.8. The molecule has 2 heteroatoms. The minimum Gasteiger partial charge on any atom is -0.325 e. The molecule has 0 spiro atoms. The van der Waals surface area contributed by atoms with Crippen LogP contribution in [0.2, 0.25) is 0 Å². The maximum Gasteiger partial charge on any atom is 0.0158 e. The quantitative estimate of drug-likeness (QED) is 0.715. The van der Waals surface area contributed by atoms with Crippen LogP contribution in [0.4, 0.5) is 0 Å². The highest BCUT2D eigenvalue weighted by molar-refractivity contribution is 8.00. The molecule has 0 aromatic heterocycles. The lowest BCUT2D eigenvalue weighted by atomic mass is 9.86. The van der Waals surface area contributed by atoms with Gasteiger partial charge in [0.2, 0.25) is 0 Å². The Balaban J connectivity index is 1.95. The largest absolute Gasteiger partial charge is 0.325 e. The van der Waals surface area contributed by atoms with Gasteiger partial charge in [-0.25, -0.2) is 0 Å². The Bertz CT molecular complexity index is 184. The third-order valence-electron chi connectivity index (χ3n) is 3.47. The molecule has 1 atom stereocenters. The molecule has 1 aliphatic carbocycles. The molecule has 0 aromatic carbocycles. The minimum atomic E-state index is 0.257. The second kappa shape index (κ2) is 2.65. The number of thioether (sulfide) groups is 1. The molecular weight excluding hydrogens is 166 g/mol. The van der Waals surface area contributed by atoms with Gasteiger partial charge in [0.1, 0.15) is 0 Å². The lowest BCUT2D eigenvalue weighted by Crippen LogP contribution is -2.32. The fourth-order valence-electron chi connectivity index (χ4n) is 2.13. The first-order valence-electron chi connectivity index (χ1n) is 4.95. The van der Waals surface area contributed by atoms with Gasteiger partial charge in [0.25, 0.3) is 0 Å². The molecule has 2 fully saturated rings. The second-order valence-corrected chi connectivity index (χ2v) is 6.75. The van der Waals surface area contributed by atoms with Crippen molar-refractivity contribution >= 4 is 11.8 Å². The van der Waals surface area contributed by atoms with Crippen LogP contribution in [0.25, 0.3) is 0 Å². The molecule has 1 nitrogen and oxygen atoms in total. The first kappa shape index (κ1) is 8.89. The monoisotopic (exact) mass is 185 g/mol. The molecule has 0 aromatic rings. The maximum atomic E-state index is 6.14. The lowest BCUT2D eigenvalue weighted by molar-refractivity contribution is 0.362. The number of hydrogen-bond donors (Lipinski definition) is 1. The topological polar surface area (TPSA) is 26.0 Å². The Kier molecular flexibility index (Phi) is 1.96. The number of nitrogens with two attached hydrogens (primary N) is 1. The Morgan fingerprint density at radius 2 is 2.08 bits per heavy atom. The predicted molar refractivity (Wildman–Crippen MR) is 55.4 cm³/mol. The summed E-state index contributed by atoms with van der Waals surface area (Å²) in [5.74, 6) is 2.21. The summed E-state index contributed by atoms with van der Waals surface area (Å²) in [6.45, 7) is 4.75. The van der Waals surface area contributed by atoms with Crippen molar-refractivity contribution in [2.75, 3.05) is 5.75 Å². The summed E-state index contributed by atoms with van der Waals surface area (Å²) in [6, 6.07) is 0. The highest BCUT2D eigenvalue weighted by Crippen LogP contribution is 2.49. The zero-order chi connectivity index (χ0) is 8.82. The van der Waals surface area contributed by atoms with Crippen molar-refractivity contribution < 1.29 is 0 Å². The first-order valence-corrected chi connectivity index (χ1v) is 5.93. The third-order valence-corrected chi connectivity index (χ3v) is 4.99. The van der Waals surface area contributed by atoms with Crippen LogP contribution < -0.4 is 5.73 Å². The van der Waals surface area contributed by atoms with Crippen LogP contribution in [0, 0.1) is 5.92 Å². The fourth-order valence-corrected chi connectivity index (χ4v) is 3.50. The smallest absolute Gasteiger partial charge is 0.0158 e. The minimum absolute atomic E-state index is 0.257. The zero-order valence-electron chi connectivity index (χ0n) is 8.10. The van der Waals surface area contributed by atoms with Crippen molar-refractivity contribution in [1.29, 1.82) is 0 Å². The van der Waals surface area contributed by atoms with Crippen LogP contribution >= 0.6 is 11.8 Å². The Labute approximate surface area is 79.5 Å². The maximum absolute atomic E-state index is 6.14. The van der Waals surface area contributed by atoms with Crippen LogP contribution in [0.5, 0.6) is 0 Å². The van der Waals surface area contributed by atoms with Crippen molar-refractivity contribution in [3.8, 4) is 0 Å². The summed E-state index contributed by atoms with van der Waals surface area (Å²) in [5, 5.41) is 0. The number of rotatable bonds is 2. The van der Waals surface area contributed by atoms with Gasteiger partial charge < -0.3 is 5.73 Å². The van der Waals surface area contributed by atoms with Crippen molar-refractivity contribution in [3.63, 3.8) is 0 Å². The van der Waals surface area contributed by atoms with E-state index in [0.29, 0.717) is 4.75 Å². The molecule has 70 valence electrons. The van der Waals surface area contributed by atoms with Crippen molar-refractivity contribution in [3.05, 3.63) is 0 Å². The van der Waals surface area contributed by atoms with Crippen LogP contribution in [-0.4, -0.2) is 16.0 Å². The summed E-state index contributed by atoms with van der Waals surface area (Å²) in [4.78, 5) is 0. The molecule has 1 heterocycles. The molecule has 1 saturated heterocycles. The van der Waals surface area contributed by atoms with E-state index in [1.807, 2.05) is 0 Å². The van der Waals surface area contributed by atoms with Crippen LogP contribution in [-0.2, 0) is 0 Å². The molecule has 0 bridgehead atoms. The number of hydrogen-bond acceptors (Lipinski definition) is 2. The van der Waals surface area contributed by atoms with E-state index < -0.39 is 0 Å². The van der Waals surface area contributed by atoms with E-state index in [2.05, 4.69) is 25.6 Å². The highest BCUT2D eigenvalue weighted by Gasteiger charge is 2.45. The van der Waals surface area contributed by atoms with Gasteiger partial charge in [0.15, 0.2) is 0 Å². The summed E-state index contributed by atoms with van der Waals surface area (Å²) < 4.78 is 0.495. The van der Waals surface area contributed by atoms with E-state index in [4.69, 9.17) is 5.73 Å². The van der Waals surface area contributed by atoms with Gasteiger partial charge in [0, 0.05) is 10.3 Å². The van der Waals surface area contributed by atoms with Gasteiger partial charge in [-0.15, -0.1) is 0 Å². The molecule has 12 heavy (non-hydrogen) atoms. The van der Waals surface area contributed by atoms with Gasteiger partial charge in [0.05, 0.1) is 0 Å². The van der Waals surface area contributed by atoms with E-state index in [-0.39, 0.29) is 5.54 Å². The fraction of sp³-hybridized carbons (Fsp3) is 1.00. The molecule has 1 unspecified atom stereocenters. The molecule has 1 aliphatic heterocycles. The Hall–Kier alpha value is 0.310. The molecular formula is C10H19NS. The molecule has 0 amide bonds. The van der Waals surface area contributed by atoms with E-state index in [0.717, 1.165) is 5.92 Å². The summed E-state index contributed by atoms with van der Waals surface area (Å²) >= 11 is 2.12. The summed E-state index contributed by atoms with van der Waals surface area (Å²) in [7, 11) is 0. The summed E-state index contributed by atoms with van der Waals surface area (Å²) in [6.07, 6.45) is 5.19. The first-order chi connectivity index (χ1) is 5.52. The van der Waals surface area contributed by atoms with Gasteiger partial charge in [-0.2, -0.15) is 11.8 Å². The van der Waals surface area contributed by atoms with Crippen molar-refractivity contribution in [1.82, 2.24) is 0 Å². The van der Waals surface area contributed by atoms with Gasteiger partial charge >= 0.3 is 0 Å². The van der Waals surface area contributed by atoms with E-state index in [1.54, 1.807) is 0 Å². The van der Waals surface area contributed by atoms with Gasteiger partial charge in [-0.3, -0.25) is 0 Å². The highest BCUT2D eigenvalue weighted by atomic mass is 32.2. The molecule has 2 aliphatic rings. The van der Waals surface area contributed by atoms with Crippen LogP contribution in [0.15, 0.2) is 0 Å². The molecule has 2 N–H and O–H groups in total. The second-order valence-electron chi connectivity index (χ2n) is 5.00. The lowest BCUT2D eigenvalue weighted by Gasteiger charge is -2.28. The average molecular weight is 185 g/mol. The van der Waals surface area contributed by atoms with Crippen LogP contribution in [0.3, 0.4) is 0 Å². The van der Waals surface area contributed by atoms with Crippen molar-refractivity contribution in [2.45, 2.75) is 49.8 Å². The predicted octanol–water partition coefficient (Wildman–Crippen LogP) is 2.40. The molecule has 2 rings (SSSR count). The Morgan fingerprint density at radius 3 is 2.50 bits per heavy atom. The third kappa shape index (κ3) is 1.64. The van der Waals surface area contributed by atoms with Crippen molar-refractivity contribution in [2.24, 2.45) is 11.7 Å². The van der Waals surface area contributed by atoms with E-state index >= 15 is 0 Å². The zero-order valence-corrected chi connectivity index (χ0v) is 8.91. The van der Waals surface area contributed by atoms with Crippen LogP contribution in [0.1, 0.15) is 39.5 Å². The van der Waals surface area contributed by atoms with Gasteiger partial charge in [-0.05, 0) is 37.4 Å². The van der Waals surface area contributed by atoms with E-state index in [1.165, 1.54) is 31.4 Å². The average Bonchev–Trinajstić information content (AvgIpc) is 2.57. The van der Waals surface area contributed by atoms with E-state index in [9.17, 15) is 0 Å². The van der Waals surface area contributed by atoms with Gasteiger partial charge in [-0.1, -0.05) is 13.8 Å².